The molecule has 5 heteroatoms. The number of aliphatic hydroxyl groups is 1. The molecule has 0 aromatic rings. The molecule has 0 saturated heterocycles. The molecule has 4 fully saturated rings. The molecule has 0 bridgehead atoms. The van der Waals surface area contributed by atoms with E-state index in [1.807, 2.05) is 13.8 Å². The molecule has 0 radical (unpaired) electrons. The molecular weight excluding hydrogens is 426 g/mol. The molecule has 4 rings (SSSR count). The third kappa shape index (κ3) is 4.44. The Balaban J connectivity index is 1.42. The van der Waals surface area contributed by atoms with Crippen LogP contribution in [-0.2, 0) is 9.53 Å². The highest BCUT2D eigenvalue weighted by Crippen LogP contribution is 2.68. The van der Waals surface area contributed by atoms with E-state index in [1.54, 1.807) is 0 Å². The smallest absolute Gasteiger partial charge is 0.303 e. The van der Waals surface area contributed by atoms with Gasteiger partial charge in [0.1, 0.15) is 5.60 Å². The number of esters is 1. The van der Waals surface area contributed by atoms with E-state index in [1.165, 1.54) is 45.4 Å². The molecule has 0 spiro atoms. The average molecular weight is 476 g/mol. The van der Waals surface area contributed by atoms with Crippen LogP contribution in [0.5, 0.6) is 0 Å². The predicted molar refractivity (Wildman–Crippen MR) is 135 cm³/mol. The minimum absolute atomic E-state index is 0.164. The number of aliphatic hydroxyl groups excluding tert-OH is 1. The number of carbonyl (C=O) groups is 1. The Morgan fingerprint density at radius 1 is 1.09 bits per heavy atom. The SMILES string of the molecule is CC(=O)OC(C)(C)CCC[C@@H](C)[C@H]1CC[C@H]2[C@@H]3CC[C@H]4/C(=N/O)[C@@H](O)CC[C@]4(C)[C@H]3CC[C@]12C. The van der Waals surface area contributed by atoms with Crippen LogP contribution < -0.4 is 0 Å². The van der Waals surface area contributed by atoms with Crippen molar-refractivity contribution in [3.05, 3.63) is 0 Å². The molecule has 0 aromatic heterocycles. The summed E-state index contributed by atoms with van der Waals surface area (Å²) in [5.41, 5.74) is 0.883. The molecule has 0 aromatic carbocycles. The molecule has 194 valence electrons. The van der Waals surface area contributed by atoms with Gasteiger partial charge in [-0.25, -0.2) is 0 Å². The maximum atomic E-state index is 11.4. The molecule has 2 N–H and O–H groups in total. The number of fused-ring (bicyclic) bond motifs is 5. The monoisotopic (exact) mass is 475 g/mol. The fraction of sp³-hybridized carbons (Fsp3) is 0.931. The number of ether oxygens (including phenoxy) is 1. The highest BCUT2D eigenvalue weighted by atomic mass is 16.6. The van der Waals surface area contributed by atoms with Gasteiger partial charge in [-0.2, -0.15) is 0 Å². The van der Waals surface area contributed by atoms with Crippen LogP contribution in [0.1, 0.15) is 112 Å². The van der Waals surface area contributed by atoms with Gasteiger partial charge < -0.3 is 15.1 Å². The summed E-state index contributed by atoms with van der Waals surface area (Å²) >= 11 is 0. The molecule has 0 heterocycles. The summed E-state index contributed by atoms with van der Waals surface area (Å²) in [6.45, 7) is 13.1. The zero-order chi connectivity index (χ0) is 24.9. The van der Waals surface area contributed by atoms with Gasteiger partial charge in [0.2, 0.25) is 0 Å². The van der Waals surface area contributed by atoms with Gasteiger partial charge in [-0.05, 0) is 118 Å². The molecule has 0 unspecified atom stereocenters. The fourth-order valence-electron chi connectivity index (χ4n) is 9.73. The van der Waals surface area contributed by atoms with Crippen molar-refractivity contribution in [3.8, 4) is 0 Å². The molecule has 4 saturated carbocycles. The summed E-state index contributed by atoms with van der Waals surface area (Å²) in [4.78, 5) is 11.4. The fourth-order valence-corrected chi connectivity index (χ4v) is 9.73. The lowest BCUT2D eigenvalue weighted by Gasteiger charge is -2.61. The van der Waals surface area contributed by atoms with Crippen molar-refractivity contribution in [2.24, 2.45) is 51.5 Å². The van der Waals surface area contributed by atoms with Crippen LogP contribution in [0.25, 0.3) is 0 Å². The van der Waals surface area contributed by atoms with Gasteiger partial charge in [-0.1, -0.05) is 32.3 Å². The Bertz CT molecular complexity index is 793. The first kappa shape index (κ1) is 26.0. The Labute approximate surface area is 207 Å². The summed E-state index contributed by atoms with van der Waals surface area (Å²) in [7, 11) is 0. The Hall–Kier alpha value is -1.10. The van der Waals surface area contributed by atoms with Crippen molar-refractivity contribution in [3.63, 3.8) is 0 Å². The van der Waals surface area contributed by atoms with Crippen LogP contribution in [0.15, 0.2) is 5.16 Å². The quantitative estimate of drug-likeness (QED) is 0.258. The summed E-state index contributed by atoms with van der Waals surface area (Å²) in [5, 5.41) is 23.7. The lowest BCUT2D eigenvalue weighted by Crippen LogP contribution is -2.57. The van der Waals surface area contributed by atoms with E-state index in [0.717, 1.165) is 49.9 Å². The van der Waals surface area contributed by atoms with E-state index >= 15 is 0 Å². The Kier molecular flexibility index (Phi) is 7.19. The summed E-state index contributed by atoms with van der Waals surface area (Å²) in [6, 6.07) is 0. The molecule has 0 amide bonds. The van der Waals surface area contributed by atoms with Crippen molar-refractivity contribution in [2.45, 2.75) is 124 Å². The first-order valence-corrected chi connectivity index (χ1v) is 14.0. The third-order valence-corrected chi connectivity index (χ3v) is 11.3. The molecule has 4 aliphatic rings. The molecule has 34 heavy (non-hydrogen) atoms. The largest absolute Gasteiger partial charge is 0.460 e. The normalized spacial score (nSPS) is 44.1. The van der Waals surface area contributed by atoms with Gasteiger partial charge in [0.05, 0.1) is 11.8 Å². The van der Waals surface area contributed by atoms with Crippen LogP contribution in [0.2, 0.25) is 0 Å². The van der Waals surface area contributed by atoms with Gasteiger partial charge in [0.25, 0.3) is 0 Å². The van der Waals surface area contributed by atoms with Crippen molar-refractivity contribution in [1.82, 2.24) is 0 Å². The maximum absolute atomic E-state index is 11.4. The maximum Gasteiger partial charge on any atom is 0.303 e. The highest BCUT2D eigenvalue weighted by molar-refractivity contribution is 5.91. The van der Waals surface area contributed by atoms with E-state index in [0.29, 0.717) is 23.0 Å². The minimum atomic E-state index is -0.559. The molecule has 4 aliphatic carbocycles. The van der Waals surface area contributed by atoms with Crippen molar-refractivity contribution < 1.29 is 19.8 Å². The number of hydrogen-bond acceptors (Lipinski definition) is 5. The van der Waals surface area contributed by atoms with Gasteiger partial charge in [0, 0.05) is 12.8 Å². The lowest BCUT2D eigenvalue weighted by molar-refractivity contribution is -0.154. The van der Waals surface area contributed by atoms with Crippen molar-refractivity contribution in [2.75, 3.05) is 0 Å². The van der Waals surface area contributed by atoms with E-state index in [9.17, 15) is 15.1 Å². The van der Waals surface area contributed by atoms with Crippen LogP contribution in [0.4, 0.5) is 0 Å². The van der Waals surface area contributed by atoms with Gasteiger partial charge >= 0.3 is 5.97 Å². The molecule has 9 atom stereocenters. The van der Waals surface area contributed by atoms with E-state index in [2.05, 4.69) is 25.9 Å². The van der Waals surface area contributed by atoms with Crippen molar-refractivity contribution in [1.29, 1.82) is 0 Å². The summed E-state index contributed by atoms with van der Waals surface area (Å²) < 4.78 is 5.51. The minimum Gasteiger partial charge on any atom is -0.460 e. The van der Waals surface area contributed by atoms with Crippen LogP contribution in [-0.4, -0.2) is 33.7 Å². The molecule has 0 aliphatic heterocycles. The number of oxime groups is 1. The third-order valence-electron chi connectivity index (χ3n) is 11.3. The summed E-state index contributed by atoms with van der Waals surface area (Å²) in [5.74, 6) is 3.80. The second-order valence-electron chi connectivity index (χ2n) is 13.5. The summed E-state index contributed by atoms with van der Waals surface area (Å²) in [6.07, 6.45) is 12.0. The average Bonchev–Trinajstić information content (AvgIpc) is 3.10. The van der Waals surface area contributed by atoms with Gasteiger partial charge in [-0.3, -0.25) is 4.79 Å². The van der Waals surface area contributed by atoms with Gasteiger partial charge in [-0.15, -0.1) is 0 Å². The van der Waals surface area contributed by atoms with E-state index in [-0.39, 0.29) is 22.9 Å². The molecule has 5 nitrogen and oxygen atoms in total. The Morgan fingerprint density at radius 2 is 1.76 bits per heavy atom. The van der Waals surface area contributed by atoms with Crippen molar-refractivity contribution >= 4 is 11.7 Å². The van der Waals surface area contributed by atoms with Crippen LogP contribution in [0, 0.1) is 46.3 Å². The van der Waals surface area contributed by atoms with Crippen LogP contribution in [0.3, 0.4) is 0 Å². The molecular formula is C29H49NO4. The zero-order valence-corrected chi connectivity index (χ0v) is 22.5. The first-order chi connectivity index (χ1) is 15.9. The highest BCUT2D eigenvalue weighted by Gasteiger charge is 2.61. The number of carbonyl (C=O) groups excluding carboxylic acids is 1. The van der Waals surface area contributed by atoms with E-state index < -0.39 is 6.10 Å². The lowest BCUT2D eigenvalue weighted by atomic mass is 9.44. The Morgan fingerprint density at radius 3 is 2.44 bits per heavy atom. The number of hydrogen-bond donors (Lipinski definition) is 2. The van der Waals surface area contributed by atoms with E-state index in [4.69, 9.17) is 4.74 Å². The van der Waals surface area contributed by atoms with Gasteiger partial charge in [0.15, 0.2) is 0 Å². The number of rotatable bonds is 6. The number of nitrogens with zero attached hydrogens (tertiary/aromatic N) is 1. The second-order valence-corrected chi connectivity index (χ2v) is 13.5. The zero-order valence-electron chi connectivity index (χ0n) is 22.5. The first-order valence-electron chi connectivity index (χ1n) is 14.0. The standard InChI is InChI=1S/C29H49NO4/c1-18(8-7-15-27(3,4)34-19(2)31)21-11-12-22-20-9-10-24-26(30-33)25(32)14-17-29(24,6)23(20)13-16-28(21,22)5/h18,20-25,32-33H,7-17H2,1-6H3/b30-26-/t18-,20+,21-,22+,23+,24+,25+,28-,29-/m1/s1. The topological polar surface area (TPSA) is 79.1 Å². The predicted octanol–water partition coefficient (Wildman–Crippen LogP) is 6.59. The second kappa shape index (κ2) is 9.41. The van der Waals surface area contributed by atoms with Crippen LogP contribution >= 0.6 is 0 Å².